The number of hydrogen-bond acceptors (Lipinski definition) is 4. The second-order valence-corrected chi connectivity index (χ2v) is 7.17. The number of alkyl halides is 2. The molecule has 0 radical (unpaired) electrons. The minimum atomic E-state index is -2.64. The molecule has 2 saturated heterocycles. The molecular weight excluding hydrogens is 322 g/mol. The van der Waals surface area contributed by atoms with Gasteiger partial charge in [-0.25, -0.2) is 13.8 Å². The smallest absolute Gasteiger partial charge is 0.257 e. The highest BCUT2D eigenvalue weighted by Gasteiger charge is 2.59. The number of piperidine rings is 1. The van der Waals surface area contributed by atoms with Gasteiger partial charge in [0.2, 0.25) is 0 Å². The molecule has 2 aromatic rings. The third-order valence-corrected chi connectivity index (χ3v) is 5.50. The number of hydrogen-bond donors (Lipinski definition) is 0. The maximum Gasteiger partial charge on any atom is 0.257 e. The van der Waals surface area contributed by atoms with Crippen molar-refractivity contribution >= 4 is 5.82 Å². The largest absolute Gasteiger partial charge is 0.356 e. The molecule has 0 amide bonds. The van der Waals surface area contributed by atoms with Gasteiger partial charge in [0.05, 0.1) is 5.41 Å². The first-order chi connectivity index (χ1) is 12.1. The second-order valence-electron chi connectivity index (χ2n) is 7.17. The van der Waals surface area contributed by atoms with Crippen LogP contribution < -0.4 is 4.90 Å². The van der Waals surface area contributed by atoms with Gasteiger partial charge < -0.3 is 4.90 Å². The van der Waals surface area contributed by atoms with Crippen LogP contribution in [-0.4, -0.2) is 47.0 Å². The Morgan fingerprint density at radius 1 is 1.00 bits per heavy atom. The highest BCUT2D eigenvalue weighted by atomic mass is 19.3. The number of anilines is 1. The average Bonchev–Trinajstić information content (AvgIpc) is 3.06. The van der Waals surface area contributed by atoms with E-state index in [1.807, 2.05) is 41.4 Å². The third-order valence-electron chi connectivity index (χ3n) is 5.50. The van der Waals surface area contributed by atoms with Gasteiger partial charge in [-0.2, -0.15) is 0 Å². The predicted octanol–water partition coefficient (Wildman–Crippen LogP) is 3.21. The summed E-state index contributed by atoms with van der Waals surface area (Å²) in [7, 11) is 0. The summed E-state index contributed by atoms with van der Waals surface area (Å²) in [5.41, 5.74) is 0.0766. The van der Waals surface area contributed by atoms with Crippen LogP contribution in [0.3, 0.4) is 0 Å². The van der Waals surface area contributed by atoms with E-state index in [0.29, 0.717) is 39.1 Å². The molecule has 4 rings (SSSR count). The van der Waals surface area contributed by atoms with Gasteiger partial charge in [-0.15, -0.1) is 0 Å². The van der Waals surface area contributed by atoms with E-state index in [2.05, 4.69) is 14.9 Å². The number of nitrogens with zero attached hydrogens (tertiary/aromatic N) is 4. The summed E-state index contributed by atoms with van der Waals surface area (Å²) in [5, 5.41) is 0. The van der Waals surface area contributed by atoms with Crippen LogP contribution in [0.2, 0.25) is 0 Å². The van der Waals surface area contributed by atoms with E-state index in [1.165, 1.54) is 0 Å². The van der Waals surface area contributed by atoms with Crippen molar-refractivity contribution in [3.05, 3.63) is 54.5 Å². The zero-order valence-corrected chi connectivity index (χ0v) is 14.1. The Morgan fingerprint density at radius 3 is 2.68 bits per heavy atom. The van der Waals surface area contributed by atoms with Gasteiger partial charge >= 0.3 is 0 Å². The lowest BCUT2D eigenvalue weighted by molar-refractivity contribution is -0.158. The first-order valence-corrected chi connectivity index (χ1v) is 8.73. The Bertz CT molecular complexity index is 710. The highest BCUT2D eigenvalue weighted by Crippen LogP contribution is 2.50. The molecule has 0 N–H and O–H groups in total. The van der Waals surface area contributed by atoms with Gasteiger partial charge in [0, 0.05) is 57.7 Å². The quantitative estimate of drug-likeness (QED) is 0.856. The molecule has 2 aromatic heterocycles. The number of pyridine rings is 2. The summed E-state index contributed by atoms with van der Waals surface area (Å²) in [5.74, 6) is -1.85. The SMILES string of the molecule is FC1(F)CCN(Cc2cccnc2)C[C@@]12CCN(c1ccccn1)C2. The lowest BCUT2D eigenvalue weighted by Crippen LogP contribution is -2.56. The van der Waals surface area contributed by atoms with Crippen LogP contribution in [0.15, 0.2) is 48.9 Å². The minimum Gasteiger partial charge on any atom is -0.356 e. The van der Waals surface area contributed by atoms with Crippen molar-refractivity contribution in [1.82, 2.24) is 14.9 Å². The average molecular weight is 344 g/mol. The van der Waals surface area contributed by atoms with Gasteiger partial charge in [0.1, 0.15) is 5.82 Å². The van der Waals surface area contributed by atoms with E-state index < -0.39 is 11.3 Å². The second kappa shape index (κ2) is 6.33. The molecular formula is C19H22F2N4. The standard InChI is InChI=1S/C19H22F2N4/c20-19(21)7-10-24(13-16-4-3-8-22-12-16)14-18(19)6-11-25(15-18)17-5-1-2-9-23-17/h1-5,8-9,12H,6-7,10-11,13-15H2/t18-/m1/s1. The van der Waals surface area contributed by atoms with Crippen LogP contribution in [0.1, 0.15) is 18.4 Å². The normalized spacial score (nSPS) is 26.2. The lowest BCUT2D eigenvalue weighted by Gasteiger charge is -2.46. The van der Waals surface area contributed by atoms with Crippen molar-refractivity contribution in [1.29, 1.82) is 0 Å². The van der Waals surface area contributed by atoms with Gasteiger partial charge in [0.15, 0.2) is 0 Å². The van der Waals surface area contributed by atoms with E-state index in [-0.39, 0.29) is 6.42 Å². The molecule has 2 aliphatic heterocycles. The fourth-order valence-corrected chi connectivity index (χ4v) is 4.11. The zero-order chi connectivity index (χ0) is 17.3. The Kier molecular flexibility index (Phi) is 4.15. The Labute approximate surface area is 146 Å². The molecule has 0 saturated carbocycles. The van der Waals surface area contributed by atoms with Crippen molar-refractivity contribution < 1.29 is 8.78 Å². The molecule has 4 nitrogen and oxygen atoms in total. The summed E-state index contributed by atoms with van der Waals surface area (Å²) in [6.07, 6.45) is 5.68. The summed E-state index contributed by atoms with van der Waals surface area (Å²) < 4.78 is 29.8. The predicted molar refractivity (Wildman–Crippen MR) is 92.6 cm³/mol. The molecule has 25 heavy (non-hydrogen) atoms. The summed E-state index contributed by atoms with van der Waals surface area (Å²) in [6.45, 7) is 2.51. The Hall–Kier alpha value is -2.08. The summed E-state index contributed by atoms with van der Waals surface area (Å²) in [4.78, 5) is 12.6. The molecule has 0 aromatic carbocycles. The molecule has 0 aliphatic carbocycles. The van der Waals surface area contributed by atoms with Crippen LogP contribution in [0.4, 0.5) is 14.6 Å². The van der Waals surface area contributed by atoms with Gasteiger partial charge in [-0.1, -0.05) is 12.1 Å². The van der Waals surface area contributed by atoms with Crippen molar-refractivity contribution in [3.8, 4) is 0 Å². The van der Waals surface area contributed by atoms with Crippen molar-refractivity contribution in [2.24, 2.45) is 5.41 Å². The fourth-order valence-electron chi connectivity index (χ4n) is 4.11. The van der Waals surface area contributed by atoms with Crippen molar-refractivity contribution in [2.45, 2.75) is 25.3 Å². The molecule has 6 heteroatoms. The van der Waals surface area contributed by atoms with E-state index in [9.17, 15) is 8.78 Å². The van der Waals surface area contributed by atoms with Gasteiger partial charge in [0.25, 0.3) is 5.92 Å². The Morgan fingerprint density at radius 2 is 1.92 bits per heavy atom. The maximum atomic E-state index is 14.9. The Balaban J connectivity index is 1.52. The van der Waals surface area contributed by atoms with E-state index >= 15 is 0 Å². The van der Waals surface area contributed by atoms with Crippen LogP contribution in [0.25, 0.3) is 0 Å². The highest BCUT2D eigenvalue weighted by molar-refractivity contribution is 5.40. The lowest BCUT2D eigenvalue weighted by atomic mass is 9.75. The molecule has 132 valence electrons. The first kappa shape index (κ1) is 16.4. The molecule has 2 fully saturated rings. The maximum absolute atomic E-state index is 14.9. The molecule has 0 bridgehead atoms. The van der Waals surface area contributed by atoms with E-state index in [0.717, 1.165) is 11.4 Å². The fraction of sp³-hybridized carbons (Fsp3) is 0.474. The van der Waals surface area contributed by atoms with Crippen molar-refractivity contribution in [3.63, 3.8) is 0 Å². The number of likely N-dealkylation sites (tertiary alicyclic amines) is 1. The number of rotatable bonds is 3. The van der Waals surface area contributed by atoms with Gasteiger partial charge in [-0.3, -0.25) is 9.88 Å². The molecule has 0 unspecified atom stereocenters. The van der Waals surface area contributed by atoms with E-state index in [1.54, 1.807) is 12.4 Å². The first-order valence-electron chi connectivity index (χ1n) is 8.73. The van der Waals surface area contributed by atoms with E-state index in [4.69, 9.17) is 0 Å². The van der Waals surface area contributed by atoms with Gasteiger partial charge in [-0.05, 0) is 30.2 Å². The molecule has 1 spiro atoms. The summed E-state index contributed by atoms with van der Waals surface area (Å²) >= 11 is 0. The monoisotopic (exact) mass is 344 g/mol. The van der Waals surface area contributed by atoms with Crippen LogP contribution >= 0.6 is 0 Å². The molecule has 4 heterocycles. The van der Waals surface area contributed by atoms with Crippen LogP contribution in [0, 0.1) is 5.41 Å². The number of aromatic nitrogens is 2. The molecule has 1 atom stereocenters. The van der Waals surface area contributed by atoms with Crippen molar-refractivity contribution in [2.75, 3.05) is 31.1 Å². The third kappa shape index (κ3) is 3.11. The topological polar surface area (TPSA) is 32.3 Å². The molecule has 2 aliphatic rings. The minimum absolute atomic E-state index is 0.0800. The zero-order valence-electron chi connectivity index (χ0n) is 14.1. The summed E-state index contributed by atoms with van der Waals surface area (Å²) in [6, 6.07) is 9.54. The van der Waals surface area contributed by atoms with Crippen LogP contribution in [-0.2, 0) is 6.54 Å². The van der Waals surface area contributed by atoms with Crippen LogP contribution in [0.5, 0.6) is 0 Å². The number of halogens is 2.